The number of ether oxygens (including phenoxy) is 3. The largest absolute Gasteiger partial charge is 0.493 e. The highest BCUT2D eigenvalue weighted by molar-refractivity contribution is 5.85. The fourth-order valence-electron chi connectivity index (χ4n) is 6.51. The number of alkyl carbamates (subject to hydrolysis) is 2. The number of carboxylic acid groups (broad SMARTS) is 1. The van der Waals surface area contributed by atoms with Gasteiger partial charge >= 0.3 is 23.8 Å². The maximum atomic E-state index is 13.3. The normalized spacial score (nSPS) is 12.1. The lowest BCUT2D eigenvalue weighted by atomic mass is 9.98. The minimum absolute atomic E-state index is 0.0786. The second kappa shape index (κ2) is 17.2. The van der Waals surface area contributed by atoms with Crippen LogP contribution in [0, 0.1) is 0 Å². The van der Waals surface area contributed by atoms with E-state index < -0.39 is 48.4 Å². The van der Waals surface area contributed by atoms with Gasteiger partial charge in [-0.25, -0.2) is 14.4 Å². The van der Waals surface area contributed by atoms with Crippen LogP contribution in [-0.2, 0) is 25.6 Å². The zero-order valence-corrected chi connectivity index (χ0v) is 31.4. The first-order valence-electron chi connectivity index (χ1n) is 18.2. The fourth-order valence-corrected chi connectivity index (χ4v) is 6.51. The Morgan fingerprint density at radius 3 is 2.21 bits per heavy atom. The average molecular weight is 765 g/mol. The molecule has 0 atom stereocenters. The van der Waals surface area contributed by atoms with Crippen LogP contribution in [0.1, 0.15) is 44.2 Å². The van der Waals surface area contributed by atoms with E-state index in [1.54, 1.807) is 32.9 Å². The molecule has 1 aliphatic rings. The van der Waals surface area contributed by atoms with Gasteiger partial charge in [-0.1, -0.05) is 60.7 Å². The van der Waals surface area contributed by atoms with E-state index in [-0.39, 0.29) is 25.6 Å². The van der Waals surface area contributed by atoms with Gasteiger partial charge in [-0.05, 0) is 67.6 Å². The Hall–Kier alpha value is -6.64. The summed E-state index contributed by atoms with van der Waals surface area (Å²) in [5.41, 5.74) is 4.63. The topological polar surface area (TPSA) is 194 Å². The van der Waals surface area contributed by atoms with E-state index in [0.29, 0.717) is 47.6 Å². The van der Waals surface area contributed by atoms with Crippen molar-refractivity contribution in [1.82, 2.24) is 30.1 Å². The highest BCUT2D eigenvalue weighted by Gasteiger charge is 2.29. The molecule has 0 fully saturated rings. The van der Waals surface area contributed by atoms with Crippen molar-refractivity contribution in [2.24, 2.45) is 0 Å². The van der Waals surface area contributed by atoms with Gasteiger partial charge in [-0.2, -0.15) is 4.98 Å². The summed E-state index contributed by atoms with van der Waals surface area (Å²) < 4.78 is 17.9. The van der Waals surface area contributed by atoms with Gasteiger partial charge in [0.15, 0.2) is 0 Å². The fraction of sp³-hybridized carbons (Fsp3) is 0.317. The number of nitrogens with zero attached hydrogens (tertiary/aromatic N) is 3. The van der Waals surface area contributed by atoms with Crippen LogP contribution >= 0.6 is 0 Å². The number of amides is 3. The highest BCUT2D eigenvalue weighted by atomic mass is 16.6. The van der Waals surface area contributed by atoms with Crippen molar-refractivity contribution in [2.75, 3.05) is 39.4 Å². The number of carboxylic acids is 1. The number of aliphatic carboxylic acids is 1. The van der Waals surface area contributed by atoms with E-state index in [1.165, 1.54) is 6.20 Å². The molecule has 0 saturated heterocycles. The molecule has 15 heteroatoms. The number of aromatic nitrogens is 3. The molecule has 15 nitrogen and oxygen atoms in total. The van der Waals surface area contributed by atoms with Gasteiger partial charge in [-0.3, -0.25) is 14.2 Å². The number of rotatable bonds is 15. The predicted molar refractivity (Wildman–Crippen MR) is 207 cm³/mol. The first-order chi connectivity index (χ1) is 26.9. The molecule has 56 heavy (non-hydrogen) atoms. The summed E-state index contributed by atoms with van der Waals surface area (Å²) in [6, 6.07) is 25.0. The minimum atomic E-state index is -1.25. The van der Waals surface area contributed by atoms with Crippen molar-refractivity contribution in [2.45, 2.75) is 45.3 Å². The number of nitrogens with one attached hydrogen (secondary N) is 3. The van der Waals surface area contributed by atoms with E-state index in [1.807, 2.05) is 66.7 Å². The summed E-state index contributed by atoms with van der Waals surface area (Å²) in [5, 5.41) is 15.4. The van der Waals surface area contributed by atoms with E-state index in [9.17, 15) is 29.1 Å². The molecule has 0 saturated carbocycles. The molecule has 0 spiro atoms. The molecule has 0 unspecified atom stereocenters. The van der Waals surface area contributed by atoms with Crippen molar-refractivity contribution in [3.63, 3.8) is 0 Å². The SMILES string of the molecule is CC(C)(C)OC(=O)NCCCOc1ccccc1-c1cc2cn(CC(=O)N(CCNC(=O)OCC3c4ccccc4-c4ccccc43)CC(=O)O)c(=O)nc2[nH]1. The summed E-state index contributed by atoms with van der Waals surface area (Å²) >= 11 is 0. The molecule has 2 heterocycles. The predicted octanol–water partition coefficient (Wildman–Crippen LogP) is 5.14. The summed E-state index contributed by atoms with van der Waals surface area (Å²) in [4.78, 5) is 70.9. The molecule has 3 aromatic carbocycles. The summed E-state index contributed by atoms with van der Waals surface area (Å²) in [6.07, 6.45) is 0.797. The van der Waals surface area contributed by atoms with Gasteiger partial charge < -0.3 is 39.8 Å². The Balaban J connectivity index is 1.04. The lowest BCUT2D eigenvalue weighted by Gasteiger charge is -2.21. The number of para-hydroxylation sites is 1. The Morgan fingerprint density at radius 2 is 1.54 bits per heavy atom. The number of aromatic amines is 1. The van der Waals surface area contributed by atoms with Crippen LogP contribution in [0.3, 0.4) is 0 Å². The van der Waals surface area contributed by atoms with E-state index in [0.717, 1.165) is 31.7 Å². The Labute approximate surface area is 322 Å². The molecule has 6 rings (SSSR count). The van der Waals surface area contributed by atoms with Crippen molar-refractivity contribution < 1.29 is 38.5 Å². The van der Waals surface area contributed by atoms with Crippen LogP contribution in [0.5, 0.6) is 5.75 Å². The summed E-state index contributed by atoms with van der Waals surface area (Å²) in [6.45, 7) is 4.81. The van der Waals surface area contributed by atoms with E-state index in [4.69, 9.17) is 14.2 Å². The molecule has 0 radical (unpaired) electrons. The summed E-state index contributed by atoms with van der Waals surface area (Å²) in [7, 11) is 0. The molecular weight excluding hydrogens is 720 g/mol. The Bertz CT molecular complexity index is 2250. The van der Waals surface area contributed by atoms with Gasteiger partial charge in [0.1, 0.15) is 36.7 Å². The maximum absolute atomic E-state index is 13.3. The second-order valence-corrected chi connectivity index (χ2v) is 14.2. The lowest BCUT2D eigenvalue weighted by Crippen LogP contribution is -2.44. The monoisotopic (exact) mass is 764 g/mol. The van der Waals surface area contributed by atoms with E-state index >= 15 is 0 Å². The second-order valence-electron chi connectivity index (χ2n) is 14.2. The van der Waals surface area contributed by atoms with Gasteiger partial charge in [-0.15, -0.1) is 0 Å². The number of hydrogen-bond donors (Lipinski definition) is 4. The molecule has 1 aliphatic carbocycles. The Morgan fingerprint density at radius 1 is 0.893 bits per heavy atom. The quantitative estimate of drug-likeness (QED) is 0.104. The molecular formula is C41H44N6O9. The Kier molecular flexibility index (Phi) is 12.0. The molecule has 292 valence electrons. The number of hydrogen-bond acceptors (Lipinski definition) is 9. The van der Waals surface area contributed by atoms with Crippen LogP contribution in [0.2, 0.25) is 0 Å². The lowest BCUT2D eigenvalue weighted by molar-refractivity contribution is -0.144. The number of carbonyl (C=O) groups is 4. The first-order valence-corrected chi connectivity index (χ1v) is 18.2. The van der Waals surface area contributed by atoms with Crippen molar-refractivity contribution >= 4 is 35.1 Å². The highest BCUT2D eigenvalue weighted by Crippen LogP contribution is 2.44. The average Bonchev–Trinajstić information content (AvgIpc) is 3.71. The van der Waals surface area contributed by atoms with Crippen molar-refractivity contribution in [1.29, 1.82) is 0 Å². The van der Waals surface area contributed by atoms with Gasteiger partial charge in [0.2, 0.25) is 5.91 Å². The van der Waals surface area contributed by atoms with Crippen LogP contribution in [-0.4, -0.2) is 93.6 Å². The third-order valence-corrected chi connectivity index (χ3v) is 8.98. The molecule has 2 aromatic heterocycles. The molecule has 4 N–H and O–H groups in total. The third kappa shape index (κ3) is 9.71. The van der Waals surface area contributed by atoms with Gasteiger partial charge in [0.25, 0.3) is 0 Å². The molecule has 0 bridgehead atoms. The van der Waals surface area contributed by atoms with Gasteiger partial charge in [0.05, 0.1) is 12.3 Å². The third-order valence-electron chi connectivity index (χ3n) is 8.98. The van der Waals surface area contributed by atoms with Crippen LogP contribution < -0.4 is 21.1 Å². The van der Waals surface area contributed by atoms with Gasteiger partial charge in [0, 0.05) is 42.7 Å². The van der Waals surface area contributed by atoms with Crippen LogP contribution in [0.4, 0.5) is 9.59 Å². The van der Waals surface area contributed by atoms with Crippen molar-refractivity contribution in [3.8, 4) is 28.1 Å². The molecule has 0 aliphatic heterocycles. The van der Waals surface area contributed by atoms with Crippen LogP contribution in [0.25, 0.3) is 33.4 Å². The standard InChI is InChI=1S/C41H44N6O9/c1-41(2,3)56-40(53)42-17-10-20-54-34-16-9-8-15-31(34)33-21-26-22-47(38(51)45-37(26)44-33)23-35(48)46(24-36(49)50)19-18-43-39(52)55-25-32-29-13-6-4-11-27(29)28-12-5-7-14-30(28)32/h4-9,11-16,21-22,32H,10,17-20,23-25H2,1-3H3,(H,42,53)(H,43,52)(H,49,50)(H,44,45,51). The number of carbonyl (C=O) groups excluding carboxylic acids is 3. The van der Waals surface area contributed by atoms with Crippen molar-refractivity contribution in [3.05, 3.63) is 107 Å². The summed E-state index contributed by atoms with van der Waals surface area (Å²) in [5.74, 6) is -1.47. The maximum Gasteiger partial charge on any atom is 0.407 e. The number of fused-ring (bicyclic) bond motifs is 4. The molecule has 3 amide bonds. The molecule has 5 aromatic rings. The number of H-pyrrole nitrogens is 1. The number of benzene rings is 3. The smallest absolute Gasteiger partial charge is 0.407 e. The first kappa shape index (κ1) is 39.1. The zero-order chi connectivity index (χ0) is 39.8. The zero-order valence-electron chi connectivity index (χ0n) is 31.4. The van der Waals surface area contributed by atoms with E-state index in [2.05, 4.69) is 20.6 Å². The minimum Gasteiger partial charge on any atom is -0.493 e. The van der Waals surface area contributed by atoms with Crippen LogP contribution in [0.15, 0.2) is 89.9 Å².